The monoisotopic (exact) mass is 315 g/mol. The van der Waals surface area contributed by atoms with Crippen LogP contribution in [0.1, 0.15) is 42.7 Å². The fraction of sp³-hybridized carbons (Fsp3) is 0.588. The molecule has 2 fully saturated rings. The van der Waals surface area contributed by atoms with E-state index in [1.54, 1.807) is 23.0 Å². The molecule has 0 amide bonds. The van der Waals surface area contributed by atoms with E-state index in [9.17, 15) is 4.79 Å². The summed E-state index contributed by atoms with van der Waals surface area (Å²) in [5, 5.41) is 4.33. The van der Waals surface area contributed by atoms with Gasteiger partial charge >= 0.3 is 5.97 Å². The Morgan fingerprint density at radius 1 is 1.48 bits per heavy atom. The van der Waals surface area contributed by atoms with Crippen LogP contribution in [0.2, 0.25) is 0 Å². The highest BCUT2D eigenvalue weighted by atomic mass is 16.6. The Labute approximate surface area is 134 Å². The summed E-state index contributed by atoms with van der Waals surface area (Å²) in [7, 11) is 0. The SMILES string of the molecule is Cc1nn2cccnc2c1C(=O)O[C@@H]1[C@@H]2CCCO[C@@H]2C1(C)C. The van der Waals surface area contributed by atoms with Crippen molar-refractivity contribution in [2.75, 3.05) is 6.61 Å². The Bertz CT molecular complexity index is 768. The third-order valence-electron chi connectivity index (χ3n) is 5.23. The number of nitrogens with zero attached hydrogens (tertiary/aromatic N) is 3. The van der Waals surface area contributed by atoms with E-state index in [1.165, 1.54) is 0 Å². The van der Waals surface area contributed by atoms with E-state index >= 15 is 0 Å². The zero-order valence-corrected chi connectivity index (χ0v) is 13.7. The fourth-order valence-electron chi connectivity index (χ4n) is 4.13. The smallest absolute Gasteiger partial charge is 0.344 e. The molecule has 0 bridgehead atoms. The van der Waals surface area contributed by atoms with Gasteiger partial charge in [0.2, 0.25) is 0 Å². The summed E-state index contributed by atoms with van der Waals surface area (Å²) >= 11 is 0. The Morgan fingerprint density at radius 3 is 3.13 bits per heavy atom. The highest BCUT2D eigenvalue weighted by molar-refractivity contribution is 5.97. The molecule has 3 atom stereocenters. The van der Waals surface area contributed by atoms with E-state index in [1.807, 2.05) is 6.92 Å². The second-order valence-corrected chi connectivity index (χ2v) is 7.09. The first kappa shape index (κ1) is 14.6. The predicted molar refractivity (Wildman–Crippen MR) is 83.2 cm³/mol. The van der Waals surface area contributed by atoms with Gasteiger partial charge in [0.15, 0.2) is 5.65 Å². The number of carbonyl (C=O) groups excluding carboxylic acids is 1. The highest BCUT2D eigenvalue weighted by Gasteiger charge is 2.60. The van der Waals surface area contributed by atoms with Crippen molar-refractivity contribution < 1.29 is 14.3 Å². The van der Waals surface area contributed by atoms with E-state index in [4.69, 9.17) is 9.47 Å². The van der Waals surface area contributed by atoms with Crippen molar-refractivity contribution in [2.24, 2.45) is 11.3 Å². The summed E-state index contributed by atoms with van der Waals surface area (Å²) in [5.74, 6) is -0.0314. The van der Waals surface area contributed by atoms with Gasteiger partial charge in [0.1, 0.15) is 11.7 Å². The Morgan fingerprint density at radius 2 is 2.30 bits per heavy atom. The molecule has 1 saturated carbocycles. The molecule has 3 heterocycles. The molecule has 0 spiro atoms. The van der Waals surface area contributed by atoms with Crippen LogP contribution >= 0.6 is 0 Å². The number of hydrogen-bond acceptors (Lipinski definition) is 5. The average Bonchev–Trinajstić information content (AvgIpc) is 2.88. The maximum atomic E-state index is 12.7. The first-order valence-electron chi connectivity index (χ1n) is 8.12. The van der Waals surface area contributed by atoms with Gasteiger partial charge in [-0.2, -0.15) is 5.10 Å². The lowest BCUT2D eigenvalue weighted by Crippen LogP contribution is -2.65. The van der Waals surface area contributed by atoms with Gasteiger partial charge in [-0.1, -0.05) is 13.8 Å². The highest BCUT2D eigenvalue weighted by Crippen LogP contribution is 2.53. The van der Waals surface area contributed by atoms with Crippen LogP contribution in [0.3, 0.4) is 0 Å². The molecule has 0 aromatic carbocycles. The van der Waals surface area contributed by atoms with Crippen molar-refractivity contribution in [1.29, 1.82) is 0 Å². The van der Waals surface area contributed by atoms with Crippen molar-refractivity contribution in [3.8, 4) is 0 Å². The number of esters is 1. The minimum atomic E-state index is -0.335. The number of rotatable bonds is 2. The van der Waals surface area contributed by atoms with Crippen LogP contribution in [0, 0.1) is 18.3 Å². The van der Waals surface area contributed by atoms with Gasteiger partial charge in [0.05, 0.1) is 11.8 Å². The van der Waals surface area contributed by atoms with E-state index in [2.05, 4.69) is 23.9 Å². The Hall–Kier alpha value is -1.95. The van der Waals surface area contributed by atoms with Gasteiger partial charge in [0, 0.05) is 30.3 Å². The summed E-state index contributed by atoms with van der Waals surface area (Å²) < 4.78 is 13.4. The molecule has 6 heteroatoms. The van der Waals surface area contributed by atoms with Gasteiger partial charge in [-0.25, -0.2) is 14.3 Å². The number of carbonyl (C=O) groups is 1. The molecular formula is C17H21N3O3. The zero-order valence-electron chi connectivity index (χ0n) is 13.7. The second kappa shape index (κ2) is 5.03. The topological polar surface area (TPSA) is 65.7 Å². The molecule has 23 heavy (non-hydrogen) atoms. The summed E-state index contributed by atoms with van der Waals surface area (Å²) in [6, 6.07) is 1.79. The lowest BCUT2D eigenvalue weighted by molar-refractivity contribution is -0.243. The molecule has 2 aromatic rings. The maximum Gasteiger partial charge on any atom is 0.344 e. The van der Waals surface area contributed by atoms with Crippen LogP contribution < -0.4 is 0 Å². The standard InChI is InChI=1S/C17H21N3O3/c1-10-12(15-18-7-5-8-20(15)19-10)16(21)23-14-11-6-4-9-22-13(11)17(14,2)3/h5,7-8,11,13-14H,4,6,9H2,1-3H3/t11-,13+,14-/m1/s1. The van der Waals surface area contributed by atoms with Crippen LogP contribution in [-0.4, -0.2) is 39.4 Å². The number of aromatic nitrogens is 3. The van der Waals surface area contributed by atoms with Crippen molar-refractivity contribution in [3.63, 3.8) is 0 Å². The number of ether oxygens (including phenoxy) is 2. The van der Waals surface area contributed by atoms with Crippen LogP contribution in [0.25, 0.3) is 5.65 Å². The van der Waals surface area contributed by atoms with Crippen molar-refractivity contribution in [3.05, 3.63) is 29.7 Å². The molecule has 1 saturated heterocycles. The third-order valence-corrected chi connectivity index (χ3v) is 5.23. The lowest BCUT2D eigenvalue weighted by Gasteiger charge is -2.58. The molecule has 2 aromatic heterocycles. The summed E-state index contributed by atoms with van der Waals surface area (Å²) in [6.07, 6.45) is 5.60. The summed E-state index contributed by atoms with van der Waals surface area (Å²) in [5.41, 5.74) is 1.50. The second-order valence-electron chi connectivity index (χ2n) is 7.09. The normalized spacial score (nSPS) is 28.9. The minimum absolute atomic E-state index is 0.113. The predicted octanol–water partition coefficient (Wildman–Crippen LogP) is 2.40. The maximum absolute atomic E-state index is 12.7. The molecule has 1 aliphatic carbocycles. The fourth-order valence-corrected chi connectivity index (χ4v) is 4.13. The van der Waals surface area contributed by atoms with E-state index < -0.39 is 0 Å². The lowest BCUT2D eigenvalue weighted by atomic mass is 9.57. The molecule has 0 N–H and O–H groups in total. The molecular weight excluding hydrogens is 294 g/mol. The van der Waals surface area contributed by atoms with Crippen LogP contribution in [0.15, 0.2) is 18.5 Å². The first-order valence-corrected chi connectivity index (χ1v) is 8.12. The summed E-state index contributed by atoms with van der Waals surface area (Å²) in [6.45, 7) is 6.84. The molecule has 122 valence electrons. The van der Waals surface area contributed by atoms with Crippen LogP contribution in [-0.2, 0) is 9.47 Å². The molecule has 2 aliphatic rings. The number of fused-ring (bicyclic) bond motifs is 2. The minimum Gasteiger partial charge on any atom is -0.458 e. The summed E-state index contributed by atoms with van der Waals surface area (Å²) in [4.78, 5) is 17.0. The van der Waals surface area contributed by atoms with Crippen LogP contribution in [0.4, 0.5) is 0 Å². The van der Waals surface area contributed by atoms with Gasteiger partial charge in [0.25, 0.3) is 0 Å². The zero-order chi connectivity index (χ0) is 16.2. The van der Waals surface area contributed by atoms with Crippen LogP contribution in [0.5, 0.6) is 0 Å². The van der Waals surface area contributed by atoms with Gasteiger partial charge in [-0.3, -0.25) is 0 Å². The molecule has 0 radical (unpaired) electrons. The molecule has 0 unspecified atom stereocenters. The van der Waals surface area contributed by atoms with E-state index in [-0.39, 0.29) is 23.6 Å². The largest absolute Gasteiger partial charge is 0.458 e. The van der Waals surface area contributed by atoms with Crippen molar-refractivity contribution >= 4 is 11.6 Å². The molecule has 4 rings (SSSR count). The molecule has 6 nitrogen and oxygen atoms in total. The third kappa shape index (κ3) is 2.08. The quantitative estimate of drug-likeness (QED) is 0.796. The van der Waals surface area contributed by atoms with Crippen molar-refractivity contribution in [2.45, 2.75) is 45.8 Å². The number of aryl methyl sites for hydroxylation is 1. The number of hydrogen-bond donors (Lipinski definition) is 0. The molecule has 1 aliphatic heterocycles. The average molecular weight is 315 g/mol. The van der Waals surface area contributed by atoms with E-state index in [0.29, 0.717) is 22.8 Å². The van der Waals surface area contributed by atoms with Gasteiger partial charge in [-0.15, -0.1) is 0 Å². The van der Waals surface area contributed by atoms with Gasteiger partial charge < -0.3 is 9.47 Å². The van der Waals surface area contributed by atoms with Gasteiger partial charge in [-0.05, 0) is 25.8 Å². The first-order chi connectivity index (χ1) is 11.0. The van der Waals surface area contributed by atoms with Crippen molar-refractivity contribution in [1.82, 2.24) is 14.6 Å². The Balaban J connectivity index is 1.61. The van der Waals surface area contributed by atoms with E-state index in [0.717, 1.165) is 19.4 Å². The Kier molecular flexibility index (Phi) is 3.20.